The maximum atomic E-state index is 8.59. The van der Waals surface area contributed by atoms with Crippen molar-refractivity contribution in [3.8, 4) is 0 Å². The fourth-order valence-electron chi connectivity index (χ4n) is 0. The SMILES string of the molecule is O=[SH](=O)O.[Sm]. The third-order valence-corrected chi connectivity index (χ3v) is 0. The molecule has 0 aliphatic carbocycles. The molecular formula is H2O3SSm. The average molecular weight is 232 g/mol. The second-order valence-corrected chi connectivity index (χ2v) is 0.714. The van der Waals surface area contributed by atoms with Crippen LogP contribution >= 0.6 is 0 Å². The molecule has 0 aliphatic rings. The monoisotopic (exact) mass is 234 g/mol. The fourth-order valence-corrected chi connectivity index (χ4v) is 0. The van der Waals surface area contributed by atoms with E-state index in [1.165, 1.54) is 0 Å². The van der Waals surface area contributed by atoms with Gasteiger partial charge in [0.15, 0.2) is 0 Å². The molecule has 0 heterocycles. The molecule has 0 rings (SSSR count). The van der Waals surface area contributed by atoms with Crippen LogP contribution in [0.1, 0.15) is 0 Å². The second kappa shape index (κ2) is 5.25. The molecule has 0 aromatic rings. The Balaban J connectivity index is 0. The number of hydrogen-bond acceptors (Lipinski definition) is 2. The molecule has 0 aromatic heterocycles. The Hall–Kier alpha value is 1.25. The first-order chi connectivity index (χ1) is 1.73. The third kappa shape index (κ3) is 35.6. The van der Waals surface area contributed by atoms with Crippen LogP contribution in [0.25, 0.3) is 0 Å². The maximum absolute atomic E-state index is 8.59. The van der Waals surface area contributed by atoms with Crippen LogP contribution in [0.2, 0.25) is 0 Å². The molecule has 0 aliphatic heterocycles. The predicted octanol–water partition coefficient (Wildman–Crippen LogP) is -0.929. The van der Waals surface area contributed by atoms with E-state index in [1.807, 2.05) is 0 Å². The summed E-state index contributed by atoms with van der Waals surface area (Å²) >= 11 is 0. The molecule has 0 amide bonds. The summed E-state index contributed by atoms with van der Waals surface area (Å²) in [5.74, 6) is 0. The van der Waals surface area contributed by atoms with Crippen molar-refractivity contribution in [3.05, 3.63) is 0 Å². The van der Waals surface area contributed by atoms with Crippen molar-refractivity contribution in [2.24, 2.45) is 0 Å². The molecule has 0 saturated heterocycles. The van der Waals surface area contributed by atoms with Gasteiger partial charge in [-0.25, -0.2) is 8.42 Å². The summed E-state index contributed by atoms with van der Waals surface area (Å²) < 4.78 is 24.2. The van der Waals surface area contributed by atoms with Gasteiger partial charge in [-0.2, -0.15) is 0 Å². The molecule has 0 aromatic carbocycles. The van der Waals surface area contributed by atoms with Crippen molar-refractivity contribution in [1.29, 1.82) is 0 Å². The van der Waals surface area contributed by atoms with Gasteiger partial charge in [0.25, 0.3) is 11.0 Å². The van der Waals surface area contributed by atoms with Gasteiger partial charge in [0, 0.05) is 40.4 Å². The van der Waals surface area contributed by atoms with E-state index in [9.17, 15) is 0 Å². The van der Waals surface area contributed by atoms with Gasteiger partial charge in [-0.3, -0.25) is 4.55 Å². The zero-order chi connectivity index (χ0) is 3.58. The quantitative estimate of drug-likeness (QED) is 0.419. The van der Waals surface area contributed by atoms with Crippen molar-refractivity contribution in [1.82, 2.24) is 0 Å². The maximum Gasteiger partial charge on any atom is 0.254 e. The minimum Gasteiger partial charge on any atom is -0.288 e. The summed E-state index contributed by atoms with van der Waals surface area (Å²) in [5.41, 5.74) is 0. The van der Waals surface area contributed by atoms with Crippen LogP contribution in [-0.4, -0.2) is 13.0 Å². The van der Waals surface area contributed by atoms with E-state index in [-0.39, 0.29) is 40.4 Å². The zero-order valence-corrected chi connectivity index (χ0v) is 5.63. The van der Waals surface area contributed by atoms with Crippen LogP contribution in [0.5, 0.6) is 0 Å². The van der Waals surface area contributed by atoms with Crippen LogP contribution in [0.4, 0.5) is 0 Å². The predicted molar refractivity (Wildman–Crippen MR) is 12.9 cm³/mol. The first-order valence-electron chi connectivity index (χ1n) is 0.565. The zero-order valence-electron chi connectivity index (χ0n) is 2.12. The molecule has 0 unspecified atom stereocenters. The van der Waals surface area contributed by atoms with Gasteiger partial charge in [0.2, 0.25) is 0 Å². The van der Waals surface area contributed by atoms with E-state index in [0.717, 1.165) is 0 Å². The first-order valence-corrected chi connectivity index (χ1v) is 1.70. The van der Waals surface area contributed by atoms with Crippen LogP contribution in [0, 0.1) is 40.4 Å². The summed E-state index contributed by atoms with van der Waals surface area (Å²) in [6, 6.07) is 0. The third-order valence-electron chi connectivity index (χ3n) is 0. The molecule has 0 saturated carbocycles. The first kappa shape index (κ1) is 9.54. The molecule has 1 N–H and O–H groups in total. The van der Waals surface area contributed by atoms with Crippen LogP contribution in [0.3, 0.4) is 0 Å². The van der Waals surface area contributed by atoms with E-state index >= 15 is 0 Å². The van der Waals surface area contributed by atoms with Crippen LogP contribution < -0.4 is 0 Å². The average Bonchev–Trinajstić information content (AvgIpc) is 0.811. The summed E-state index contributed by atoms with van der Waals surface area (Å²) in [4.78, 5) is 0. The van der Waals surface area contributed by atoms with Gasteiger partial charge in [0.1, 0.15) is 0 Å². The van der Waals surface area contributed by atoms with Crippen LogP contribution in [-0.2, 0) is 11.0 Å². The summed E-state index contributed by atoms with van der Waals surface area (Å²) in [6.45, 7) is 0. The minimum absolute atomic E-state index is 0. The molecule has 3 nitrogen and oxygen atoms in total. The minimum atomic E-state index is -3.12. The molecule has 32 valence electrons. The van der Waals surface area contributed by atoms with E-state index in [2.05, 4.69) is 0 Å². The number of thiol groups is 1. The molecule has 5 heteroatoms. The Kier molecular flexibility index (Phi) is 10.0. The van der Waals surface area contributed by atoms with Gasteiger partial charge in [-0.15, -0.1) is 0 Å². The Morgan fingerprint density at radius 3 is 1.40 bits per heavy atom. The smallest absolute Gasteiger partial charge is 0.254 e. The van der Waals surface area contributed by atoms with E-state index in [0.29, 0.717) is 0 Å². The van der Waals surface area contributed by atoms with Crippen molar-refractivity contribution in [2.75, 3.05) is 0 Å². The van der Waals surface area contributed by atoms with E-state index < -0.39 is 11.0 Å². The second-order valence-electron chi connectivity index (χ2n) is 0.238. The van der Waals surface area contributed by atoms with Gasteiger partial charge >= 0.3 is 0 Å². The van der Waals surface area contributed by atoms with Crippen LogP contribution in [0.15, 0.2) is 0 Å². The Morgan fingerprint density at radius 2 is 1.40 bits per heavy atom. The number of hydrogen-bond donors (Lipinski definition) is 2. The van der Waals surface area contributed by atoms with Crippen molar-refractivity contribution in [3.63, 3.8) is 0 Å². The Bertz CT molecular complexity index is 55.3. The van der Waals surface area contributed by atoms with E-state index in [1.54, 1.807) is 0 Å². The normalized spacial score (nSPS) is 6.80. The largest absolute Gasteiger partial charge is 0.288 e. The molecule has 0 atom stereocenters. The molecular weight excluding hydrogens is 230 g/mol. The van der Waals surface area contributed by atoms with Crippen molar-refractivity contribution in [2.45, 2.75) is 0 Å². The topological polar surface area (TPSA) is 54.4 Å². The molecule has 5 heavy (non-hydrogen) atoms. The van der Waals surface area contributed by atoms with Gasteiger partial charge in [-0.05, 0) is 0 Å². The summed E-state index contributed by atoms with van der Waals surface area (Å²) in [5, 5.41) is 0. The Morgan fingerprint density at radius 1 is 1.40 bits per heavy atom. The summed E-state index contributed by atoms with van der Waals surface area (Å²) in [7, 11) is -3.12. The molecule has 0 fully saturated rings. The molecule has 0 spiro atoms. The molecule has 0 radical (unpaired) electrons. The standard InChI is InChI=1S/H2O3S.Sm/c1-4(2)3;/h4H,(H,1,2,3);. The van der Waals surface area contributed by atoms with Crippen molar-refractivity contribution < 1.29 is 53.4 Å². The number of rotatable bonds is 0. The van der Waals surface area contributed by atoms with E-state index in [4.69, 9.17) is 13.0 Å². The van der Waals surface area contributed by atoms with Crippen molar-refractivity contribution >= 4 is 11.0 Å². The Labute approximate surface area is 63.6 Å². The van der Waals surface area contributed by atoms with Gasteiger partial charge < -0.3 is 0 Å². The fraction of sp³-hybridized carbons (Fsp3) is 0. The molecule has 0 bridgehead atoms. The van der Waals surface area contributed by atoms with Gasteiger partial charge in [0.05, 0.1) is 0 Å². The van der Waals surface area contributed by atoms with Gasteiger partial charge in [-0.1, -0.05) is 0 Å². The summed E-state index contributed by atoms with van der Waals surface area (Å²) in [6.07, 6.45) is 0.